The molecule has 0 spiro atoms. The SMILES string of the molecule is COC(=O)[C@@H]1CCCN1C(=O)C1(Oc2ccc(C)cc2)CCNCC1. The van der Waals surface area contributed by atoms with E-state index in [0.29, 0.717) is 44.6 Å². The minimum atomic E-state index is -0.920. The molecule has 0 saturated carbocycles. The second kappa shape index (κ2) is 7.44. The molecule has 0 bridgehead atoms. The van der Waals surface area contributed by atoms with Crippen LogP contribution in [0.15, 0.2) is 24.3 Å². The van der Waals surface area contributed by atoms with Crippen LogP contribution in [0.5, 0.6) is 5.75 Å². The van der Waals surface area contributed by atoms with Crippen molar-refractivity contribution in [3.8, 4) is 5.75 Å². The summed E-state index contributed by atoms with van der Waals surface area (Å²) in [5, 5.41) is 3.28. The fraction of sp³-hybridized carbons (Fsp3) is 0.579. The maximum atomic E-state index is 13.4. The molecule has 1 N–H and O–H groups in total. The van der Waals surface area contributed by atoms with Gasteiger partial charge in [0.05, 0.1) is 7.11 Å². The van der Waals surface area contributed by atoms with E-state index in [0.717, 1.165) is 12.0 Å². The van der Waals surface area contributed by atoms with E-state index in [4.69, 9.17) is 9.47 Å². The molecule has 2 heterocycles. The number of esters is 1. The van der Waals surface area contributed by atoms with Crippen molar-refractivity contribution >= 4 is 11.9 Å². The topological polar surface area (TPSA) is 67.9 Å². The Bertz CT molecular complexity index is 623. The largest absolute Gasteiger partial charge is 0.477 e. The first-order valence-corrected chi connectivity index (χ1v) is 8.91. The van der Waals surface area contributed by atoms with Gasteiger partial charge in [-0.1, -0.05) is 17.7 Å². The van der Waals surface area contributed by atoms with Crippen molar-refractivity contribution in [2.45, 2.75) is 44.2 Å². The standard InChI is InChI=1S/C19H26N2O4/c1-14-5-7-15(8-6-14)25-19(9-11-20-12-10-19)18(23)21-13-3-4-16(21)17(22)24-2/h5-8,16,20H,3-4,9-13H2,1-2H3/t16-/m0/s1. The van der Waals surface area contributed by atoms with E-state index in [1.54, 1.807) is 4.90 Å². The van der Waals surface area contributed by atoms with E-state index in [1.165, 1.54) is 7.11 Å². The van der Waals surface area contributed by atoms with Crippen LogP contribution in [0.3, 0.4) is 0 Å². The first-order valence-electron chi connectivity index (χ1n) is 8.91. The van der Waals surface area contributed by atoms with Gasteiger partial charge in [-0.15, -0.1) is 0 Å². The van der Waals surface area contributed by atoms with E-state index in [2.05, 4.69) is 5.32 Å². The Morgan fingerprint density at radius 3 is 2.52 bits per heavy atom. The maximum Gasteiger partial charge on any atom is 0.328 e. The Labute approximate surface area is 148 Å². The molecule has 1 amide bonds. The third-order valence-corrected chi connectivity index (χ3v) is 5.12. The highest BCUT2D eigenvalue weighted by molar-refractivity contribution is 5.90. The average molecular weight is 346 g/mol. The number of carbonyl (C=O) groups excluding carboxylic acids is 2. The maximum absolute atomic E-state index is 13.4. The van der Waals surface area contributed by atoms with Crippen molar-refractivity contribution in [2.24, 2.45) is 0 Å². The van der Waals surface area contributed by atoms with Gasteiger partial charge in [-0.2, -0.15) is 0 Å². The molecule has 2 aliphatic heterocycles. The van der Waals surface area contributed by atoms with Crippen LogP contribution in [0.2, 0.25) is 0 Å². The van der Waals surface area contributed by atoms with Crippen LogP contribution in [0.4, 0.5) is 0 Å². The fourth-order valence-corrected chi connectivity index (χ4v) is 3.67. The van der Waals surface area contributed by atoms with Crippen molar-refractivity contribution < 1.29 is 19.1 Å². The van der Waals surface area contributed by atoms with Crippen LogP contribution < -0.4 is 10.1 Å². The predicted octanol–water partition coefficient (Wildman–Crippen LogP) is 1.66. The van der Waals surface area contributed by atoms with E-state index in [9.17, 15) is 9.59 Å². The summed E-state index contributed by atoms with van der Waals surface area (Å²) >= 11 is 0. The summed E-state index contributed by atoms with van der Waals surface area (Å²) in [5.41, 5.74) is 0.222. The summed E-state index contributed by atoms with van der Waals surface area (Å²) < 4.78 is 11.1. The monoisotopic (exact) mass is 346 g/mol. The summed E-state index contributed by atoms with van der Waals surface area (Å²) in [6.07, 6.45) is 2.63. The van der Waals surface area contributed by atoms with Gasteiger partial charge in [-0.05, 0) is 45.0 Å². The zero-order valence-corrected chi connectivity index (χ0v) is 14.9. The number of piperidine rings is 1. The molecule has 0 aromatic heterocycles. The average Bonchev–Trinajstić information content (AvgIpc) is 3.13. The van der Waals surface area contributed by atoms with Crippen LogP contribution >= 0.6 is 0 Å². The summed E-state index contributed by atoms with van der Waals surface area (Å²) in [6.45, 7) is 4.02. The smallest absolute Gasteiger partial charge is 0.328 e. The van der Waals surface area contributed by atoms with E-state index in [1.807, 2.05) is 31.2 Å². The highest BCUT2D eigenvalue weighted by atomic mass is 16.5. The van der Waals surface area contributed by atoms with Gasteiger partial charge >= 0.3 is 5.97 Å². The van der Waals surface area contributed by atoms with Crippen molar-refractivity contribution in [2.75, 3.05) is 26.7 Å². The van der Waals surface area contributed by atoms with E-state index >= 15 is 0 Å². The first-order chi connectivity index (χ1) is 12.1. The fourth-order valence-electron chi connectivity index (χ4n) is 3.67. The molecular formula is C19H26N2O4. The van der Waals surface area contributed by atoms with E-state index < -0.39 is 11.6 Å². The molecule has 0 aliphatic carbocycles. The number of ether oxygens (including phenoxy) is 2. The summed E-state index contributed by atoms with van der Waals surface area (Å²) in [7, 11) is 1.37. The number of benzene rings is 1. The number of nitrogens with zero attached hydrogens (tertiary/aromatic N) is 1. The second-order valence-electron chi connectivity index (χ2n) is 6.84. The summed E-state index contributed by atoms with van der Waals surface area (Å²) in [5.74, 6) is 0.252. The molecule has 0 unspecified atom stereocenters. The van der Waals surface area contributed by atoms with Gasteiger partial charge in [-0.25, -0.2) is 4.79 Å². The third kappa shape index (κ3) is 3.63. The molecular weight excluding hydrogens is 320 g/mol. The second-order valence-corrected chi connectivity index (χ2v) is 6.84. The van der Waals surface area contributed by atoms with Crippen molar-refractivity contribution in [3.05, 3.63) is 29.8 Å². The molecule has 25 heavy (non-hydrogen) atoms. The Balaban J connectivity index is 1.85. The van der Waals surface area contributed by atoms with Gasteiger partial charge < -0.3 is 19.7 Å². The molecule has 136 valence electrons. The number of hydrogen-bond acceptors (Lipinski definition) is 5. The number of amides is 1. The van der Waals surface area contributed by atoms with Gasteiger partial charge in [0.1, 0.15) is 11.8 Å². The zero-order chi connectivity index (χ0) is 17.9. The van der Waals surface area contributed by atoms with Crippen LogP contribution in [-0.2, 0) is 14.3 Å². The molecule has 2 fully saturated rings. The van der Waals surface area contributed by atoms with Gasteiger partial charge in [0.15, 0.2) is 5.60 Å². The lowest BCUT2D eigenvalue weighted by molar-refractivity contribution is -0.159. The predicted molar refractivity (Wildman–Crippen MR) is 93.4 cm³/mol. The van der Waals surface area contributed by atoms with Gasteiger partial charge in [0, 0.05) is 19.4 Å². The quantitative estimate of drug-likeness (QED) is 0.840. The number of carbonyl (C=O) groups is 2. The molecule has 2 aliphatic rings. The molecule has 6 heteroatoms. The van der Waals surface area contributed by atoms with Crippen LogP contribution in [0.25, 0.3) is 0 Å². The van der Waals surface area contributed by atoms with Gasteiger partial charge in [-0.3, -0.25) is 4.79 Å². The Hall–Kier alpha value is -2.08. The first kappa shape index (κ1) is 17.7. The zero-order valence-electron chi connectivity index (χ0n) is 14.9. The molecule has 1 aromatic carbocycles. The van der Waals surface area contributed by atoms with Crippen molar-refractivity contribution in [1.82, 2.24) is 10.2 Å². The summed E-state index contributed by atoms with van der Waals surface area (Å²) in [4.78, 5) is 27.1. The Morgan fingerprint density at radius 2 is 1.88 bits per heavy atom. The number of rotatable bonds is 4. The van der Waals surface area contributed by atoms with E-state index in [-0.39, 0.29) is 11.9 Å². The molecule has 6 nitrogen and oxygen atoms in total. The lowest BCUT2D eigenvalue weighted by Gasteiger charge is -2.40. The number of hydrogen-bond donors (Lipinski definition) is 1. The lowest BCUT2D eigenvalue weighted by atomic mass is 9.90. The number of likely N-dealkylation sites (tertiary alicyclic amines) is 1. The highest BCUT2D eigenvalue weighted by Gasteiger charge is 2.48. The number of aryl methyl sites for hydroxylation is 1. The molecule has 1 atom stereocenters. The molecule has 3 rings (SSSR count). The van der Waals surface area contributed by atoms with Crippen molar-refractivity contribution in [3.63, 3.8) is 0 Å². The lowest BCUT2D eigenvalue weighted by Crippen LogP contribution is -2.59. The Morgan fingerprint density at radius 1 is 1.20 bits per heavy atom. The highest BCUT2D eigenvalue weighted by Crippen LogP contribution is 2.32. The van der Waals surface area contributed by atoms with Crippen LogP contribution in [0.1, 0.15) is 31.2 Å². The molecule has 0 radical (unpaired) electrons. The number of methoxy groups -OCH3 is 1. The third-order valence-electron chi connectivity index (χ3n) is 5.12. The Kier molecular flexibility index (Phi) is 5.27. The minimum absolute atomic E-state index is 0.0949. The normalized spacial score (nSPS) is 22.5. The summed E-state index contributed by atoms with van der Waals surface area (Å²) in [6, 6.07) is 7.25. The van der Waals surface area contributed by atoms with Gasteiger partial charge in [0.25, 0.3) is 5.91 Å². The van der Waals surface area contributed by atoms with Crippen molar-refractivity contribution in [1.29, 1.82) is 0 Å². The van der Waals surface area contributed by atoms with Crippen LogP contribution in [0, 0.1) is 6.92 Å². The van der Waals surface area contributed by atoms with Gasteiger partial charge in [0.2, 0.25) is 0 Å². The molecule has 2 saturated heterocycles. The molecule has 1 aromatic rings. The minimum Gasteiger partial charge on any atom is -0.477 e. The van der Waals surface area contributed by atoms with Crippen LogP contribution in [-0.4, -0.2) is 55.2 Å². The number of nitrogens with one attached hydrogen (secondary N) is 1.